The minimum atomic E-state index is -5.06. The Morgan fingerprint density at radius 3 is 2.20 bits per heavy atom. The maximum absolute atomic E-state index is 14.1. The molecule has 1 aliphatic carbocycles. The van der Waals surface area contributed by atoms with Crippen LogP contribution in [-0.2, 0) is 27.4 Å². The van der Waals surface area contributed by atoms with Gasteiger partial charge in [0.05, 0.1) is 34.5 Å². The van der Waals surface area contributed by atoms with E-state index >= 15 is 0 Å². The summed E-state index contributed by atoms with van der Waals surface area (Å²) in [7, 11) is 1.38. The zero-order valence-corrected chi connectivity index (χ0v) is 24.4. The fourth-order valence-corrected chi connectivity index (χ4v) is 6.53. The van der Waals surface area contributed by atoms with Crippen molar-refractivity contribution in [3.05, 3.63) is 76.7 Å². The molecule has 2 saturated heterocycles. The Balaban J connectivity index is 1.42. The Labute approximate surface area is 254 Å². The van der Waals surface area contributed by atoms with E-state index in [2.05, 4.69) is 9.88 Å². The molecule has 0 radical (unpaired) electrons. The highest BCUT2D eigenvalue weighted by atomic mass is 19.4. The maximum Gasteiger partial charge on any atom is 0.416 e. The average molecular weight is 635 g/mol. The lowest BCUT2D eigenvalue weighted by Gasteiger charge is -2.36. The molecule has 2 aromatic carbocycles. The highest BCUT2D eigenvalue weighted by molar-refractivity contribution is 6.06. The number of anilines is 2. The predicted octanol–water partition coefficient (Wildman–Crippen LogP) is 6.74. The second-order valence-corrected chi connectivity index (χ2v) is 11.9. The van der Waals surface area contributed by atoms with Gasteiger partial charge in [0.1, 0.15) is 11.6 Å². The molecule has 1 atom stereocenters. The maximum atomic E-state index is 14.1. The molecule has 3 heterocycles. The van der Waals surface area contributed by atoms with Gasteiger partial charge in [-0.25, -0.2) is 9.37 Å². The van der Waals surface area contributed by atoms with Crippen LogP contribution in [0.1, 0.15) is 47.9 Å². The molecule has 13 heteroatoms. The van der Waals surface area contributed by atoms with E-state index in [1.807, 2.05) is 0 Å². The molecule has 6 rings (SSSR count). The van der Waals surface area contributed by atoms with E-state index in [4.69, 9.17) is 0 Å². The lowest BCUT2D eigenvalue weighted by molar-refractivity contribution is -0.143. The third kappa shape index (κ3) is 5.55. The van der Waals surface area contributed by atoms with Gasteiger partial charge in [-0.2, -0.15) is 26.3 Å². The minimum Gasteiger partial charge on any atom is -0.313 e. The Morgan fingerprint density at radius 2 is 1.60 bits per heavy atom. The van der Waals surface area contributed by atoms with Gasteiger partial charge in [0, 0.05) is 25.7 Å². The molecule has 1 saturated carbocycles. The fraction of sp³-hybridized carbons (Fsp3) is 0.406. The highest BCUT2D eigenvalue weighted by Gasteiger charge is 2.54. The van der Waals surface area contributed by atoms with Gasteiger partial charge in [-0.15, -0.1) is 0 Å². The Bertz CT molecular complexity index is 1650. The molecule has 3 fully saturated rings. The summed E-state index contributed by atoms with van der Waals surface area (Å²) in [6.07, 6.45) is -7.03. The van der Waals surface area contributed by atoms with E-state index in [1.54, 1.807) is 17.9 Å². The number of hydrogen-bond donors (Lipinski definition) is 0. The number of hydrogen-bond acceptors (Lipinski definition) is 4. The highest BCUT2D eigenvalue weighted by Crippen LogP contribution is 2.52. The first kappa shape index (κ1) is 31.0. The third-order valence-corrected chi connectivity index (χ3v) is 9.11. The zero-order chi connectivity index (χ0) is 32.5. The number of carbonyl (C=O) groups excluding carboxylic acids is 2. The number of nitrogens with zero attached hydrogens (tertiary/aromatic N) is 4. The Kier molecular flexibility index (Phi) is 7.45. The number of benzene rings is 2. The van der Waals surface area contributed by atoms with Crippen molar-refractivity contribution in [1.82, 2.24) is 9.88 Å². The summed E-state index contributed by atoms with van der Waals surface area (Å²) < 4.78 is 95.9. The summed E-state index contributed by atoms with van der Waals surface area (Å²) in [4.78, 5) is 36.8. The molecule has 3 aromatic rings. The van der Waals surface area contributed by atoms with Crippen LogP contribution in [0.3, 0.4) is 0 Å². The van der Waals surface area contributed by atoms with Gasteiger partial charge < -0.3 is 4.90 Å². The fourth-order valence-electron chi connectivity index (χ4n) is 6.53. The van der Waals surface area contributed by atoms with Crippen LogP contribution in [0.4, 0.5) is 42.2 Å². The Hall–Kier alpha value is -4.00. The second-order valence-electron chi connectivity index (χ2n) is 11.9. The summed E-state index contributed by atoms with van der Waals surface area (Å²) in [5.74, 6) is -0.983. The van der Waals surface area contributed by atoms with Crippen molar-refractivity contribution in [3.8, 4) is 11.1 Å². The van der Waals surface area contributed by atoms with Gasteiger partial charge in [0.2, 0.25) is 11.8 Å². The standard InChI is InChI=1S/C32H29F7N4O2/c1-18-12-22(33)5-6-23(18)24-16-27(43-11-10-42-9-3-4-25(42)28(43)44)40-17-26(24)41(2)29(45)30(7-8-30)19-13-20(31(34,35)36)15-21(14-19)32(37,38)39/h5-6,12-17,25H,3-4,7-11H2,1-2H3. The molecule has 238 valence electrons. The number of carbonyl (C=O) groups is 2. The summed E-state index contributed by atoms with van der Waals surface area (Å²) in [6.45, 7) is 3.54. The van der Waals surface area contributed by atoms with Crippen LogP contribution in [-0.4, -0.2) is 54.4 Å². The van der Waals surface area contributed by atoms with Crippen LogP contribution in [0.5, 0.6) is 0 Å². The van der Waals surface area contributed by atoms with Gasteiger partial charge in [0.15, 0.2) is 0 Å². The van der Waals surface area contributed by atoms with Crippen LogP contribution in [0.15, 0.2) is 48.7 Å². The van der Waals surface area contributed by atoms with Gasteiger partial charge in [-0.3, -0.25) is 19.4 Å². The van der Waals surface area contributed by atoms with Crippen molar-refractivity contribution in [2.75, 3.05) is 36.5 Å². The molecule has 1 unspecified atom stereocenters. The van der Waals surface area contributed by atoms with Crippen LogP contribution >= 0.6 is 0 Å². The molecule has 2 amide bonds. The lowest BCUT2D eigenvalue weighted by atomic mass is 9.90. The van der Waals surface area contributed by atoms with E-state index in [1.165, 1.54) is 36.3 Å². The number of aryl methyl sites for hydroxylation is 1. The first-order valence-electron chi connectivity index (χ1n) is 14.5. The number of alkyl halides is 6. The Morgan fingerprint density at radius 1 is 0.933 bits per heavy atom. The molecule has 3 aliphatic rings. The van der Waals surface area contributed by atoms with Gasteiger partial charge >= 0.3 is 12.4 Å². The van der Waals surface area contributed by atoms with Gasteiger partial charge in [0.25, 0.3) is 0 Å². The van der Waals surface area contributed by atoms with Crippen LogP contribution in [0.2, 0.25) is 0 Å². The predicted molar refractivity (Wildman–Crippen MR) is 152 cm³/mol. The van der Waals surface area contributed by atoms with Crippen molar-refractivity contribution in [3.63, 3.8) is 0 Å². The van der Waals surface area contributed by atoms with Gasteiger partial charge in [-0.1, -0.05) is 6.07 Å². The van der Waals surface area contributed by atoms with Crippen LogP contribution in [0.25, 0.3) is 11.1 Å². The largest absolute Gasteiger partial charge is 0.416 e. The van der Waals surface area contributed by atoms with Crippen molar-refractivity contribution < 1.29 is 40.3 Å². The van der Waals surface area contributed by atoms with Gasteiger partial charge in [-0.05, 0) is 92.2 Å². The SMILES string of the molecule is Cc1cc(F)ccc1-c1cc(N2CCN3CCCC3C2=O)ncc1N(C)C(=O)C1(c2cc(C(F)(F)F)cc(C(F)(F)F)c2)CC1. The topological polar surface area (TPSA) is 56.8 Å². The number of likely N-dealkylation sites (N-methyl/N-ethyl adjacent to an activating group) is 1. The van der Waals surface area contributed by atoms with Crippen molar-refractivity contribution in [1.29, 1.82) is 0 Å². The number of amides is 2. The molecule has 0 bridgehead atoms. The first-order valence-corrected chi connectivity index (χ1v) is 14.5. The van der Waals surface area contributed by atoms with Crippen molar-refractivity contribution in [2.45, 2.75) is 56.4 Å². The van der Waals surface area contributed by atoms with E-state index in [9.17, 15) is 40.3 Å². The number of piperazine rings is 1. The molecule has 6 nitrogen and oxygen atoms in total. The normalized spacial score (nSPS) is 19.9. The van der Waals surface area contributed by atoms with Crippen molar-refractivity contribution >= 4 is 23.3 Å². The smallest absolute Gasteiger partial charge is 0.313 e. The van der Waals surface area contributed by atoms with Crippen LogP contribution in [0, 0.1) is 12.7 Å². The summed E-state index contributed by atoms with van der Waals surface area (Å²) in [6, 6.07) is 6.66. The molecular formula is C32H29F7N4O2. The van der Waals surface area contributed by atoms with E-state index in [0.29, 0.717) is 47.7 Å². The quantitative estimate of drug-likeness (QED) is 0.292. The lowest BCUT2D eigenvalue weighted by Crippen LogP contribution is -2.54. The van der Waals surface area contributed by atoms with E-state index in [0.717, 1.165) is 19.4 Å². The molecule has 0 N–H and O–H groups in total. The molecule has 45 heavy (non-hydrogen) atoms. The van der Waals surface area contributed by atoms with Crippen LogP contribution < -0.4 is 9.80 Å². The molecule has 2 aliphatic heterocycles. The second kappa shape index (κ2) is 10.8. The molecule has 1 aromatic heterocycles. The van der Waals surface area contributed by atoms with E-state index < -0.39 is 40.6 Å². The number of aromatic nitrogens is 1. The molecule has 0 spiro atoms. The average Bonchev–Trinajstić information content (AvgIpc) is 3.65. The third-order valence-electron chi connectivity index (χ3n) is 9.11. The number of rotatable bonds is 5. The number of halogens is 7. The zero-order valence-electron chi connectivity index (χ0n) is 24.4. The molecular weight excluding hydrogens is 605 g/mol. The number of fused-ring (bicyclic) bond motifs is 1. The van der Waals surface area contributed by atoms with E-state index in [-0.39, 0.29) is 42.1 Å². The number of pyridine rings is 1. The summed E-state index contributed by atoms with van der Waals surface area (Å²) in [5.41, 5.74) is -3.32. The summed E-state index contributed by atoms with van der Waals surface area (Å²) in [5, 5.41) is 0. The monoisotopic (exact) mass is 634 g/mol. The first-order chi connectivity index (χ1) is 21.1. The minimum absolute atomic E-state index is 0.0402. The summed E-state index contributed by atoms with van der Waals surface area (Å²) >= 11 is 0. The van der Waals surface area contributed by atoms with Crippen molar-refractivity contribution in [2.24, 2.45) is 0 Å².